The lowest BCUT2D eigenvalue weighted by molar-refractivity contribution is 0.102. The lowest BCUT2D eigenvalue weighted by Gasteiger charge is -2.11. The molecule has 0 unspecified atom stereocenters. The third-order valence-electron chi connectivity index (χ3n) is 2.70. The molecule has 0 saturated heterocycles. The predicted octanol–water partition coefficient (Wildman–Crippen LogP) is 3.30. The molecule has 0 aliphatic carbocycles. The van der Waals surface area contributed by atoms with Gasteiger partial charge < -0.3 is 10.7 Å². The lowest BCUT2D eigenvalue weighted by Crippen LogP contribution is -2.17. The van der Waals surface area contributed by atoms with E-state index in [0.717, 1.165) is 15.7 Å². The molecule has 0 saturated carbocycles. The Morgan fingerprint density at radius 2 is 1.89 bits per heavy atom. The summed E-state index contributed by atoms with van der Waals surface area (Å²) >= 11 is 3.43. The largest absolute Gasteiger partial charge is 0.323 e. The van der Waals surface area contributed by atoms with Crippen molar-refractivity contribution in [3.63, 3.8) is 0 Å². The average molecular weight is 320 g/mol. The summed E-state index contributed by atoms with van der Waals surface area (Å²) in [6, 6.07) is 12.8. The van der Waals surface area contributed by atoms with Crippen molar-refractivity contribution < 1.29 is 4.79 Å². The number of nitrogens with two attached hydrogens (primary N) is 1. The SMILES string of the molecule is Cc1ccc(NC(=O)c2ccccc2NN)c(Br)c1. The Kier molecular flexibility index (Phi) is 4.19. The molecule has 2 aromatic carbocycles. The Hall–Kier alpha value is -1.85. The Bertz CT molecular complexity index is 613. The molecule has 2 aromatic rings. The summed E-state index contributed by atoms with van der Waals surface area (Å²) < 4.78 is 0.846. The van der Waals surface area contributed by atoms with E-state index in [1.54, 1.807) is 18.2 Å². The van der Waals surface area contributed by atoms with E-state index in [-0.39, 0.29) is 5.91 Å². The first-order valence-electron chi connectivity index (χ1n) is 5.75. The number of nitrogen functional groups attached to an aromatic ring is 1. The van der Waals surface area contributed by atoms with Crippen molar-refractivity contribution in [1.29, 1.82) is 0 Å². The van der Waals surface area contributed by atoms with Crippen molar-refractivity contribution in [3.05, 3.63) is 58.1 Å². The van der Waals surface area contributed by atoms with Crippen LogP contribution >= 0.6 is 15.9 Å². The fourth-order valence-corrected chi connectivity index (χ4v) is 2.31. The molecule has 4 N–H and O–H groups in total. The first-order valence-corrected chi connectivity index (χ1v) is 6.54. The zero-order chi connectivity index (χ0) is 13.8. The van der Waals surface area contributed by atoms with Gasteiger partial charge in [0.1, 0.15) is 0 Å². The lowest BCUT2D eigenvalue weighted by atomic mass is 10.1. The molecular weight excluding hydrogens is 306 g/mol. The number of hydrazine groups is 1. The van der Waals surface area contributed by atoms with Crippen LogP contribution < -0.4 is 16.6 Å². The zero-order valence-corrected chi connectivity index (χ0v) is 12.0. The van der Waals surface area contributed by atoms with Gasteiger partial charge in [0, 0.05) is 4.47 Å². The van der Waals surface area contributed by atoms with Gasteiger partial charge in [-0.05, 0) is 52.7 Å². The van der Waals surface area contributed by atoms with Gasteiger partial charge in [0.15, 0.2) is 0 Å². The van der Waals surface area contributed by atoms with Crippen molar-refractivity contribution in [3.8, 4) is 0 Å². The van der Waals surface area contributed by atoms with Crippen molar-refractivity contribution in [2.24, 2.45) is 5.84 Å². The standard InChI is InChI=1S/C14H14BrN3O/c1-9-6-7-13(11(15)8-9)17-14(19)10-4-2-3-5-12(10)18-16/h2-8,18H,16H2,1H3,(H,17,19). The van der Waals surface area contributed by atoms with Crippen LogP contribution in [0.3, 0.4) is 0 Å². The van der Waals surface area contributed by atoms with Crippen LogP contribution in [-0.2, 0) is 0 Å². The third-order valence-corrected chi connectivity index (χ3v) is 3.36. The molecule has 0 heterocycles. The van der Waals surface area contributed by atoms with Crippen LogP contribution in [0.25, 0.3) is 0 Å². The van der Waals surface area contributed by atoms with E-state index in [4.69, 9.17) is 5.84 Å². The van der Waals surface area contributed by atoms with Gasteiger partial charge in [0.2, 0.25) is 0 Å². The molecule has 19 heavy (non-hydrogen) atoms. The Morgan fingerprint density at radius 1 is 1.16 bits per heavy atom. The highest BCUT2D eigenvalue weighted by atomic mass is 79.9. The van der Waals surface area contributed by atoms with Gasteiger partial charge >= 0.3 is 0 Å². The average Bonchev–Trinajstić information content (AvgIpc) is 2.41. The van der Waals surface area contributed by atoms with E-state index in [1.807, 2.05) is 31.2 Å². The summed E-state index contributed by atoms with van der Waals surface area (Å²) in [5.74, 6) is 5.18. The summed E-state index contributed by atoms with van der Waals surface area (Å²) in [4.78, 5) is 12.2. The second-order valence-electron chi connectivity index (χ2n) is 4.13. The Labute approximate surface area is 120 Å². The van der Waals surface area contributed by atoms with Gasteiger partial charge in [-0.3, -0.25) is 10.6 Å². The number of hydrogen-bond donors (Lipinski definition) is 3. The molecule has 4 nitrogen and oxygen atoms in total. The number of nitrogens with one attached hydrogen (secondary N) is 2. The first kappa shape index (κ1) is 13.6. The minimum absolute atomic E-state index is 0.210. The Morgan fingerprint density at radius 3 is 2.58 bits per heavy atom. The molecule has 0 radical (unpaired) electrons. The quantitative estimate of drug-likeness (QED) is 0.600. The molecule has 0 aliphatic heterocycles. The van der Waals surface area contributed by atoms with E-state index in [1.165, 1.54) is 0 Å². The molecular formula is C14H14BrN3O. The van der Waals surface area contributed by atoms with Gasteiger partial charge in [0.05, 0.1) is 16.9 Å². The molecule has 0 aliphatic rings. The van der Waals surface area contributed by atoms with E-state index < -0.39 is 0 Å². The van der Waals surface area contributed by atoms with Gasteiger partial charge in [-0.2, -0.15) is 0 Å². The van der Waals surface area contributed by atoms with Crippen LogP contribution in [0, 0.1) is 6.92 Å². The van der Waals surface area contributed by atoms with Crippen LogP contribution in [-0.4, -0.2) is 5.91 Å². The van der Waals surface area contributed by atoms with Crippen molar-refractivity contribution in [2.45, 2.75) is 6.92 Å². The smallest absolute Gasteiger partial charge is 0.257 e. The third kappa shape index (κ3) is 3.13. The molecule has 0 spiro atoms. The summed E-state index contributed by atoms with van der Waals surface area (Å²) in [7, 11) is 0. The minimum Gasteiger partial charge on any atom is -0.323 e. The maximum absolute atomic E-state index is 12.2. The monoisotopic (exact) mass is 319 g/mol. The molecule has 1 amide bonds. The fraction of sp³-hybridized carbons (Fsp3) is 0.0714. The molecule has 0 aromatic heterocycles. The number of anilines is 2. The van der Waals surface area contributed by atoms with E-state index in [9.17, 15) is 4.79 Å². The molecule has 5 heteroatoms. The summed E-state index contributed by atoms with van der Waals surface area (Å²) in [5.41, 5.74) is 5.44. The highest BCUT2D eigenvalue weighted by molar-refractivity contribution is 9.10. The van der Waals surface area contributed by atoms with E-state index >= 15 is 0 Å². The number of halogens is 1. The van der Waals surface area contributed by atoms with Crippen molar-refractivity contribution in [2.75, 3.05) is 10.7 Å². The molecule has 0 fully saturated rings. The molecule has 0 atom stereocenters. The van der Waals surface area contributed by atoms with Crippen LogP contribution in [0.1, 0.15) is 15.9 Å². The summed E-state index contributed by atoms with van der Waals surface area (Å²) in [6.07, 6.45) is 0. The molecule has 2 rings (SSSR count). The van der Waals surface area contributed by atoms with Crippen LogP contribution in [0.2, 0.25) is 0 Å². The maximum Gasteiger partial charge on any atom is 0.257 e. The first-order chi connectivity index (χ1) is 9.11. The number of aryl methyl sites for hydroxylation is 1. The fourth-order valence-electron chi connectivity index (χ4n) is 1.72. The van der Waals surface area contributed by atoms with Gasteiger partial charge in [-0.15, -0.1) is 0 Å². The number of carbonyl (C=O) groups is 1. The van der Waals surface area contributed by atoms with Gasteiger partial charge in [-0.1, -0.05) is 18.2 Å². The van der Waals surface area contributed by atoms with Gasteiger partial charge in [0.25, 0.3) is 5.91 Å². The topological polar surface area (TPSA) is 67.2 Å². The second kappa shape index (κ2) is 5.86. The van der Waals surface area contributed by atoms with E-state index in [2.05, 4.69) is 26.7 Å². The number of amides is 1. The van der Waals surface area contributed by atoms with E-state index in [0.29, 0.717) is 11.3 Å². The summed E-state index contributed by atoms with van der Waals surface area (Å²) in [5, 5.41) is 2.85. The van der Waals surface area contributed by atoms with Crippen LogP contribution in [0.15, 0.2) is 46.9 Å². The van der Waals surface area contributed by atoms with Gasteiger partial charge in [-0.25, -0.2) is 0 Å². The number of rotatable bonds is 3. The second-order valence-corrected chi connectivity index (χ2v) is 4.98. The highest BCUT2D eigenvalue weighted by Crippen LogP contribution is 2.24. The minimum atomic E-state index is -0.210. The zero-order valence-electron chi connectivity index (χ0n) is 10.4. The van der Waals surface area contributed by atoms with Crippen molar-refractivity contribution in [1.82, 2.24) is 0 Å². The molecule has 98 valence electrons. The normalized spacial score (nSPS) is 10.1. The van der Waals surface area contributed by atoms with Crippen molar-refractivity contribution >= 4 is 33.2 Å². The number of hydrogen-bond acceptors (Lipinski definition) is 3. The number of carbonyl (C=O) groups excluding carboxylic acids is 1. The maximum atomic E-state index is 12.2. The highest BCUT2D eigenvalue weighted by Gasteiger charge is 2.11. The molecule has 0 bridgehead atoms. The number of para-hydroxylation sites is 1. The van der Waals surface area contributed by atoms with Crippen LogP contribution in [0.4, 0.5) is 11.4 Å². The predicted molar refractivity (Wildman–Crippen MR) is 81.1 cm³/mol. The van der Waals surface area contributed by atoms with Crippen LogP contribution in [0.5, 0.6) is 0 Å². The number of benzene rings is 2. The summed E-state index contributed by atoms with van der Waals surface area (Å²) in [6.45, 7) is 1.99. The Balaban J connectivity index is 2.26.